The molecular weight excluding hydrogens is 290 g/mol. The van der Waals surface area contributed by atoms with Gasteiger partial charge in [-0.1, -0.05) is 23.4 Å². The number of para-hydroxylation sites is 1. The third-order valence-electron chi connectivity index (χ3n) is 3.88. The van der Waals surface area contributed by atoms with Crippen molar-refractivity contribution in [2.75, 3.05) is 5.73 Å². The summed E-state index contributed by atoms with van der Waals surface area (Å²) < 4.78 is 1.87. The molecule has 0 fully saturated rings. The van der Waals surface area contributed by atoms with Crippen LogP contribution in [0, 0.1) is 0 Å². The molecule has 4 aromatic rings. The molecule has 0 atom stereocenters. The molecule has 0 saturated carbocycles. The zero-order valence-corrected chi connectivity index (χ0v) is 12.5. The fourth-order valence-corrected chi connectivity index (χ4v) is 2.75. The lowest BCUT2D eigenvalue weighted by Gasteiger charge is -1.99. The van der Waals surface area contributed by atoms with E-state index in [1.807, 2.05) is 16.9 Å². The first-order valence-electron chi connectivity index (χ1n) is 7.52. The van der Waals surface area contributed by atoms with Crippen molar-refractivity contribution in [1.82, 2.24) is 29.9 Å². The lowest BCUT2D eigenvalue weighted by molar-refractivity contribution is 0.590. The molecule has 0 amide bonds. The highest BCUT2D eigenvalue weighted by Crippen LogP contribution is 2.18. The van der Waals surface area contributed by atoms with Gasteiger partial charge in [-0.2, -0.15) is 0 Å². The molecule has 3 aromatic heterocycles. The molecule has 4 N–H and O–H groups in total. The first-order valence-corrected chi connectivity index (χ1v) is 7.52. The van der Waals surface area contributed by atoms with Crippen LogP contribution in [0.1, 0.15) is 17.0 Å². The molecule has 1 aromatic carbocycles. The summed E-state index contributed by atoms with van der Waals surface area (Å²) in [5, 5.41) is 9.64. The van der Waals surface area contributed by atoms with Crippen LogP contribution in [-0.4, -0.2) is 29.9 Å². The second kappa shape index (κ2) is 5.60. The molecule has 7 nitrogen and oxygen atoms in total. The Kier molecular flexibility index (Phi) is 3.30. The van der Waals surface area contributed by atoms with Gasteiger partial charge in [-0.25, -0.2) is 4.98 Å². The molecule has 0 aliphatic carbocycles. The summed E-state index contributed by atoms with van der Waals surface area (Å²) in [4.78, 5) is 10.3. The number of hydrogen-bond donors (Lipinski definition) is 3. The zero-order chi connectivity index (χ0) is 15.6. The number of nitrogens with one attached hydrogen (secondary N) is 2. The summed E-state index contributed by atoms with van der Waals surface area (Å²) >= 11 is 0. The van der Waals surface area contributed by atoms with Crippen molar-refractivity contribution in [1.29, 1.82) is 0 Å². The largest absolute Gasteiger partial charge is 0.369 e. The number of nitrogens with two attached hydrogens (primary N) is 1. The van der Waals surface area contributed by atoms with Crippen LogP contribution in [0.4, 0.5) is 5.95 Å². The maximum absolute atomic E-state index is 5.57. The molecule has 0 spiro atoms. The van der Waals surface area contributed by atoms with Crippen molar-refractivity contribution >= 4 is 16.9 Å². The van der Waals surface area contributed by atoms with Gasteiger partial charge in [-0.15, -0.1) is 5.10 Å². The molecule has 0 aliphatic rings. The van der Waals surface area contributed by atoms with Crippen LogP contribution in [0.3, 0.4) is 0 Å². The van der Waals surface area contributed by atoms with E-state index in [1.54, 1.807) is 6.20 Å². The second-order valence-corrected chi connectivity index (χ2v) is 5.54. The Morgan fingerprint density at radius 2 is 2.00 bits per heavy atom. The molecule has 0 saturated heterocycles. The number of anilines is 1. The van der Waals surface area contributed by atoms with E-state index in [1.165, 1.54) is 10.9 Å². The van der Waals surface area contributed by atoms with E-state index >= 15 is 0 Å². The highest BCUT2D eigenvalue weighted by atomic mass is 15.4. The second-order valence-electron chi connectivity index (χ2n) is 5.54. The number of rotatable bonds is 5. The van der Waals surface area contributed by atoms with Gasteiger partial charge in [0.2, 0.25) is 0 Å². The van der Waals surface area contributed by atoms with E-state index in [2.05, 4.69) is 49.7 Å². The number of fused-ring (bicyclic) bond motifs is 1. The van der Waals surface area contributed by atoms with Crippen molar-refractivity contribution in [3.63, 3.8) is 0 Å². The van der Waals surface area contributed by atoms with Gasteiger partial charge in [-0.05, 0) is 18.1 Å². The van der Waals surface area contributed by atoms with E-state index in [0.29, 0.717) is 12.4 Å². The van der Waals surface area contributed by atoms with Crippen LogP contribution < -0.4 is 5.73 Å². The average molecular weight is 307 g/mol. The van der Waals surface area contributed by atoms with E-state index in [-0.39, 0.29) is 0 Å². The number of imidazole rings is 1. The topological polar surface area (TPSA) is 101 Å². The van der Waals surface area contributed by atoms with Crippen LogP contribution in [-0.2, 0) is 19.4 Å². The van der Waals surface area contributed by atoms with Crippen molar-refractivity contribution in [3.8, 4) is 0 Å². The number of hydrogen-bond acceptors (Lipinski definition) is 4. The monoisotopic (exact) mass is 307 g/mol. The Morgan fingerprint density at radius 1 is 1.09 bits per heavy atom. The minimum Gasteiger partial charge on any atom is -0.369 e. The molecule has 116 valence electrons. The molecule has 0 bridgehead atoms. The van der Waals surface area contributed by atoms with Gasteiger partial charge in [0, 0.05) is 42.5 Å². The minimum absolute atomic E-state index is 0.423. The number of aryl methyl sites for hydroxylation is 2. The average Bonchev–Trinajstić information content (AvgIpc) is 3.26. The van der Waals surface area contributed by atoms with Gasteiger partial charge < -0.3 is 15.7 Å². The lowest BCUT2D eigenvalue weighted by Crippen LogP contribution is -2.01. The summed E-state index contributed by atoms with van der Waals surface area (Å²) in [5.41, 5.74) is 9.78. The molecule has 0 aliphatic heterocycles. The standard InChI is InChI=1S/C16H17N7/c17-16-19-9-12(20-16)7-13-10-23(22-21-13)6-5-11-8-18-15-4-2-1-3-14(11)15/h1-4,8-10,18H,5-7H2,(H3,17,19,20). The number of benzene rings is 1. The summed E-state index contributed by atoms with van der Waals surface area (Å²) in [6, 6.07) is 8.31. The zero-order valence-electron chi connectivity index (χ0n) is 12.5. The van der Waals surface area contributed by atoms with Crippen molar-refractivity contribution < 1.29 is 0 Å². The molecule has 23 heavy (non-hydrogen) atoms. The van der Waals surface area contributed by atoms with Crippen molar-refractivity contribution in [2.45, 2.75) is 19.4 Å². The molecule has 3 heterocycles. The van der Waals surface area contributed by atoms with Gasteiger partial charge in [0.1, 0.15) is 0 Å². The van der Waals surface area contributed by atoms with Crippen LogP contribution in [0.15, 0.2) is 42.9 Å². The number of aromatic amines is 2. The van der Waals surface area contributed by atoms with Crippen LogP contribution in [0.2, 0.25) is 0 Å². The Morgan fingerprint density at radius 3 is 2.87 bits per heavy atom. The molecule has 4 rings (SSSR count). The van der Waals surface area contributed by atoms with Crippen molar-refractivity contribution in [2.24, 2.45) is 0 Å². The smallest absolute Gasteiger partial charge is 0.197 e. The quantitative estimate of drug-likeness (QED) is 0.524. The van der Waals surface area contributed by atoms with Gasteiger partial charge in [-0.3, -0.25) is 4.68 Å². The Hall–Kier alpha value is -3.09. The third-order valence-corrected chi connectivity index (χ3v) is 3.88. The van der Waals surface area contributed by atoms with Gasteiger partial charge in [0.25, 0.3) is 0 Å². The van der Waals surface area contributed by atoms with E-state index in [0.717, 1.165) is 29.9 Å². The predicted molar refractivity (Wildman–Crippen MR) is 87.8 cm³/mol. The highest BCUT2D eigenvalue weighted by Gasteiger charge is 2.07. The summed E-state index contributed by atoms with van der Waals surface area (Å²) in [5.74, 6) is 0.423. The maximum atomic E-state index is 5.57. The van der Waals surface area contributed by atoms with Crippen molar-refractivity contribution in [3.05, 3.63) is 59.8 Å². The first-order chi connectivity index (χ1) is 11.3. The molecular formula is C16H17N7. The SMILES string of the molecule is Nc1nc(Cc2cn(CCc3c[nH]c4ccccc34)nn2)c[nH]1. The molecule has 0 unspecified atom stereocenters. The summed E-state index contributed by atoms with van der Waals surface area (Å²) in [7, 11) is 0. The van der Waals surface area contributed by atoms with E-state index in [4.69, 9.17) is 5.73 Å². The fourth-order valence-electron chi connectivity index (χ4n) is 2.75. The third kappa shape index (κ3) is 2.80. The number of nitrogen functional groups attached to an aromatic ring is 1. The highest BCUT2D eigenvalue weighted by molar-refractivity contribution is 5.82. The minimum atomic E-state index is 0.423. The molecule has 7 heteroatoms. The van der Waals surface area contributed by atoms with Gasteiger partial charge in [0.15, 0.2) is 5.95 Å². The first kappa shape index (κ1) is 13.6. The Bertz CT molecular complexity index is 931. The van der Waals surface area contributed by atoms with E-state index in [9.17, 15) is 0 Å². The van der Waals surface area contributed by atoms with Crippen LogP contribution in [0.25, 0.3) is 10.9 Å². The summed E-state index contributed by atoms with van der Waals surface area (Å²) in [6.45, 7) is 0.789. The normalized spacial score (nSPS) is 11.3. The summed E-state index contributed by atoms with van der Waals surface area (Å²) in [6.07, 6.45) is 7.35. The number of H-pyrrole nitrogens is 2. The Labute approximate surface area is 132 Å². The van der Waals surface area contributed by atoms with Gasteiger partial charge >= 0.3 is 0 Å². The number of aromatic nitrogens is 6. The Balaban J connectivity index is 1.43. The van der Waals surface area contributed by atoms with E-state index < -0.39 is 0 Å². The predicted octanol–water partition coefficient (Wildman–Crippen LogP) is 1.90. The van der Waals surface area contributed by atoms with Gasteiger partial charge in [0.05, 0.1) is 11.4 Å². The maximum Gasteiger partial charge on any atom is 0.197 e. The fraction of sp³-hybridized carbons (Fsp3) is 0.188. The lowest BCUT2D eigenvalue weighted by atomic mass is 10.1. The van der Waals surface area contributed by atoms with Crippen LogP contribution >= 0.6 is 0 Å². The number of nitrogens with zero attached hydrogens (tertiary/aromatic N) is 4. The van der Waals surface area contributed by atoms with Crippen LogP contribution in [0.5, 0.6) is 0 Å². The molecule has 0 radical (unpaired) electrons.